The number of thioether (sulfide) groups is 1. The number of benzene rings is 3. The van der Waals surface area contributed by atoms with Crippen molar-refractivity contribution in [2.45, 2.75) is 67.4 Å². The van der Waals surface area contributed by atoms with Crippen LogP contribution in [-0.4, -0.2) is 73.3 Å². The quantitative estimate of drug-likeness (QED) is 0.101. The number of aromatic hydroxyl groups is 1. The van der Waals surface area contributed by atoms with Gasteiger partial charge in [-0.3, -0.25) is 14.1 Å². The SMILES string of the molecule is CCCCC1(CC)CS(=O)(=O)c2ccc(SCC(=O)N[C@@H](C(=O)NCCS(=O)(=O)O)c3ccccc3O)cc2C(c2ccccc2)C1O.N. The number of hydrogen-bond donors (Lipinski definition) is 6. The van der Waals surface area contributed by atoms with E-state index in [0.29, 0.717) is 23.3 Å². The van der Waals surface area contributed by atoms with E-state index >= 15 is 0 Å². The Bertz CT molecular complexity index is 1820. The first kappa shape index (κ1) is 40.0. The maximum Gasteiger partial charge on any atom is 0.266 e. The zero-order valence-corrected chi connectivity index (χ0v) is 30.0. The predicted molar refractivity (Wildman–Crippen MR) is 189 cm³/mol. The molecule has 8 N–H and O–H groups in total. The van der Waals surface area contributed by atoms with Crippen molar-refractivity contribution in [3.8, 4) is 5.75 Å². The number of fused-ring (bicyclic) bond motifs is 1. The number of aliphatic hydroxyl groups excluding tert-OH is 1. The fraction of sp³-hybridized carbons (Fsp3) is 0.412. The van der Waals surface area contributed by atoms with Crippen LogP contribution in [0.4, 0.5) is 0 Å². The van der Waals surface area contributed by atoms with Gasteiger partial charge in [0.1, 0.15) is 11.8 Å². The number of aliphatic hydroxyl groups is 1. The van der Waals surface area contributed by atoms with Crippen LogP contribution in [0.15, 0.2) is 82.6 Å². The molecule has 15 heteroatoms. The summed E-state index contributed by atoms with van der Waals surface area (Å²) in [6, 6.07) is 18.7. The number of sulfone groups is 1. The molecule has 49 heavy (non-hydrogen) atoms. The van der Waals surface area contributed by atoms with Crippen LogP contribution in [0.5, 0.6) is 5.75 Å². The summed E-state index contributed by atoms with van der Waals surface area (Å²) in [6.07, 6.45) is 1.68. The lowest BCUT2D eigenvalue weighted by atomic mass is 9.69. The number of unbranched alkanes of at least 4 members (excludes halogenated alkanes) is 1. The van der Waals surface area contributed by atoms with Crippen molar-refractivity contribution in [3.63, 3.8) is 0 Å². The van der Waals surface area contributed by atoms with Crippen molar-refractivity contribution in [3.05, 3.63) is 89.5 Å². The molecule has 0 aliphatic carbocycles. The number of nitrogens with one attached hydrogen (secondary N) is 2. The summed E-state index contributed by atoms with van der Waals surface area (Å²) in [5, 5.41) is 27.4. The molecule has 0 saturated carbocycles. The Hall–Kier alpha value is -3.47. The molecule has 0 saturated heterocycles. The van der Waals surface area contributed by atoms with Gasteiger partial charge in [-0.25, -0.2) is 8.42 Å². The molecule has 12 nitrogen and oxygen atoms in total. The van der Waals surface area contributed by atoms with Crippen LogP contribution in [0.25, 0.3) is 0 Å². The van der Waals surface area contributed by atoms with Gasteiger partial charge in [-0.1, -0.05) is 75.2 Å². The summed E-state index contributed by atoms with van der Waals surface area (Å²) >= 11 is 1.11. The Morgan fingerprint density at radius 3 is 2.35 bits per heavy atom. The van der Waals surface area contributed by atoms with Gasteiger partial charge in [0.2, 0.25) is 11.8 Å². The Morgan fingerprint density at radius 1 is 1.04 bits per heavy atom. The van der Waals surface area contributed by atoms with Gasteiger partial charge in [0.25, 0.3) is 10.1 Å². The lowest BCUT2D eigenvalue weighted by Gasteiger charge is -2.39. The lowest BCUT2D eigenvalue weighted by molar-refractivity contribution is -0.128. The maximum absolute atomic E-state index is 13.9. The minimum atomic E-state index is -4.34. The van der Waals surface area contributed by atoms with Crippen LogP contribution in [0, 0.1) is 5.41 Å². The Kier molecular flexibility index (Phi) is 13.8. The third-order valence-electron chi connectivity index (χ3n) is 8.81. The molecule has 0 spiro atoms. The smallest absolute Gasteiger partial charge is 0.266 e. The molecule has 3 unspecified atom stereocenters. The highest BCUT2D eigenvalue weighted by atomic mass is 32.2. The largest absolute Gasteiger partial charge is 0.508 e. The van der Waals surface area contributed by atoms with Crippen LogP contribution < -0.4 is 16.8 Å². The number of carbonyl (C=O) groups is 2. The van der Waals surface area contributed by atoms with E-state index in [1.54, 1.807) is 18.2 Å². The lowest BCUT2D eigenvalue weighted by Crippen LogP contribution is -2.42. The van der Waals surface area contributed by atoms with Gasteiger partial charge in [0.05, 0.1) is 28.3 Å². The number of carbonyl (C=O) groups excluding carboxylic acids is 2. The fourth-order valence-electron chi connectivity index (χ4n) is 6.24. The first-order valence-corrected chi connectivity index (χ1v) is 20.0. The molecular weight excluding hydrogens is 691 g/mol. The molecule has 1 aliphatic rings. The Balaban J connectivity index is 0.00000650. The predicted octanol–water partition coefficient (Wildman–Crippen LogP) is 4.37. The number of para-hydroxylation sites is 1. The second-order valence-corrected chi connectivity index (χ2v) is 16.6. The second kappa shape index (κ2) is 17.0. The summed E-state index contributed by atoms with van der Waals surface area (Å²) in [5.74, 6) is -3.40. The van der Waals surface area contributed by atoms with Gasteiger partial charge < -0.3 is 27.0 Å². The van der Waals surface area contributed by atoms with Crippen molar-refractivity contribution < 1.29 is 41.2 Å². The standard InChI is InChI=1S/C34H42N2O9S3.H3N/c1-3-5-17-34(4-2)22-47(41,42)28-16-15-24(20-26(28)30(32(34)39)23-11-7-6-8-12-23)46-21-29(38)36-31(25-13-9-10-14-27(25)37)33(40)35-18-19-48(43,44)45;/h6-16,20,30-32,37,39H,3-5,17-19,21-22H2,1-2H3,(H,35,40)(H,36,38)(H,43,44,45);1H3/t30?,31-,32?,34?;/m1./s1. The Labute approximate surface area is 292 Å². The van der Waals surface area contributed by atoms with Crippen LogP contribution in [0.2, 0.25) is 0 Å². The second-order valence-electron chi connectivity index (χ2n) is 12.0. The molecule has 4 atom stereocenters. The van der Waals surface area contributed by atoms with E-state index in [9.17, 15) is 36.6 Å². The van der Waals surface area contributed by atoms with Crippen molar-refractivity contribution in [2.24, 2.45) is 5.41 Å². The van der Waals surface area contributed by atoms with Crippen molar-refractivity contribution >= 4 is 43.5 Å². The van der Waals surface area contributed by atoms with Gasteiger partial charge >= 0.3 is 0 Å². The highest BCUT2D eigenvalue weighted by molar-refractivity contribution is 8.00. The van der Waals surface area contributed by atoms with E-state index in [-0.39, 0.29) is 33.9 Å². The maximum atomic E-state index is 13.9. The van der Waals surface area contributed by atoms with E-state index in [1.807, 2.05) is 44.2 Å². The number of amides is 2. The Morgan fingerprint density at radius 2 is 1.71 bits per heavy atom. The minimum absolute atomic E-state index is 0. The van der Waals surface area contributed by atoms with Crippen LogP contribution >= 0.6 is 11.8 Å². The molecule has 1 aliphatic heterocycles. The van der Waals surface area contributed by atoms with Crippen LogP contribution in [0.1, 0.15) is 68.2 Å². The average molecular weight is 736 g/mol. The fourth-order valence-corrected chi connectivity index (χ4v) is 9.61. The molecule has 0 radical (unpaired) electrons. The van der Waals surface area contributed by atoms with Crippen molar-refractivity contribution in [1.29, 1.82) is 0 Å². The van der Waals surface area contributed by atoms with Gasteiger partial charge in [-0.05, 0) is 48.2 Å². The summed E-state index contributed by atoms with van der Waals surface area (Å²) in [7, 11) is -8.14. The zero-order valence-electron chi connectivity index (χ0n) is 27.5. The molecule has 268 valence electrons. The first-order chi connectivity index (χ1) is 22.7. The molecule has 1 heterocycles. The van der Waals surface area contributed by atoms with Gasteiger partial charge in [0, 0.05) is 28.3 Å². The molecule has 3 aromatic rings. The minimum Gasteiger partial charge on any atom is -0.508 e. The molecule has 4 rings (SSSR count). The monoisotopic (exact) mass is 735 g/mol. The van der Waals surface area contributed by atoms with Gasteiger partial charge in [-0.15, -0.1) is 11.8 Å². The molecular formula is C34H45N3O9S3. The van der Waals surface area contributed by atoms with Gasteiger partial charge in [0.15, 0.2) is 9.84 Å². The van der Waals surface area contributed by atoms with Crippen LogP contribution in [-0.2, 0) is 29.5 Å². The van der Waals surface area contributed by atoms with E-state index in [4.69, 9.17) is 4.55 Å². The molecule has 2 amide bonds. The summed E-state index contributed by atoms with van der Waals surface area (Å²) in [6.45, 7) is 3.53. The zero-order chi connectivity index (χ0) is 35.1. The highest BCUT2D eigenvalue weighted by Crippen LogP contribution is 2.49. The van der Waals surface area contributed by atoms with E-state index in [2.05, 4.69) is 10.6 Å². The summed E-state index contributed by atoms with van der Waals surface area (Å²) in [4.78, 5) is 26.9. The molecule has 3 aromatic carbocycles. The molecule has 0 aromatic heterocycles. The molecule has 0 bridgehead atoms. The first-order valence-electron chi connectivity index (χ1n) is 15.7. The van der Waals surface area contributed by atoms with Gasteiger partial charge in [-0.2, -0.15) is 8.42 Å². The summed E-state index contributed by atoms with van der Waals surface area (Å²) in [5.41, 5.74) is 0.457. The number of rotatable bonds is 14. The number of phenols is 1. The topological polar surface area (TPSA) is 222 Å². The van der Waals surface area contributed by atoms with E-state index in [1.165, 1.54) is 24.3 Å². The number of phenolic OH excluding ortho intramolecular Hbond substituents is 1. The third kappa shape index (κ3) is 9.83. The van der Waals surface area contributed by atoms with Crippen molar-refractivity contribution in [2.75, 3.05) is 23.8 Å². The average Bonchev–Trinajstić information content (AvgIpc) is 3.11. The molecule has 0 fully saturated rings. The summed E-state index contributed by atoms with van der Waals surface area (Å²) < 4.78 is 59.0. The number of hydrogen-bond acceptors (Lipinski definition) is 10. The normalized spacial score (nSPS) is 20.6. The van der Waals surface area contributed by atoms with E-state index in [0.717, 1.165) is 30.2 Å². The van der Waals surface area contributed by atoms with Crippen LogP contribution in [0.3, 0.4) is 0 Å². The van der Waals surface area contributed by atoms with Crippen molar-refractivity contribution in [1.82, 2.24) is 16.8 Å². The van der Waals surface area contributed by atoms with E-state index < -0.39 is 67.5 Å². The highest BCUT2D eigenvalue weighted by Gasteiger charge is 2.49. The third-order valence-corrected chi connectivity index (χ3v) is 12.5.